The van der Waals surface area contributed by atoms with Crippen LogP contribution in [0.3, 0.4) is 0 Å². The number of rotatable bonds is 5. The van der Waals surface area contributed by atoms with Crippen LogP contribution < -0.4 is 16.2 Å². The van der Waals surface area contributed by atoms with E-state index in [2.05, 4.69) is 245 Å². The van der Waals surface area contributed by atoms with Gasteiger partial charge in [0.1, 0.15) is 11.3 Å². The average molecular weight is 1010 g/mol. The van der Waals surface area contributed by atoms with Crippen molar-refractivity contribution in [2.45, 2.75) is 148 Å². The van der Waals surface area contributed by atoms with E-state index in [1.54, 1.807) is 0 Å². The zero-order chi connectivity index (χ0) is 53.5. The van der Waals surface area contributed by atoms with Crippen molar-refractivity contribution in [1.82, 2.24) is 4.57 Å². The zero-order valence-corrected chi connectivity index (χ0v) is 47.7. The molecule has 14 rings (SSSR count). The van der Waals surface area contributed by atoms with Crippen LogP contribution in [0.15, 0.2) is 150 Å². The molecule has 0 fully saturated rings. The standard InChI is InChI=1S/C73H73BN2O/c1-68(2,3)44-28-30-45(31-29-44)75-56-39-53-51(69(4,5)32-34-71(53,8)9)36-47(56)62-61-46-26-20-21-27-50(46)73(12,13)64(61)63-48-37-52-54(72(10,11)35-33-70(52,6)7)40-57(48)76-58-38-49-59(41-55(58)74-65(62)66(63)76)77-67(43-24-18-15-19-25-43)60(49)42-22-16-14-17-23-42/h14-31,36-41,74-75H,32-35H2,1-13H3. The highest BCUT2D eigenvalue weighted by atomic mass is 16.3. The lowest BCUT2D eigenvalue weighted by molar-refractivity contribution is 0.332. The highest BCUT2D eigenvalue weighted by Crippen LogP contribution is 2.59. The Kier molecular flexibility index (Phi) is 10.1. The van der Waals surface area contributed by atoms with Crippen molar-refractivity contribution in [2.24, 2.45) is 0 Å². The summed E-state index contributed by atoms with van der Waals surface area (Å²) in [5.41, 5.74) is 28.5. The summed E-state index contributed by atoms with van der Waals surface area (Å²) in [6, 6.07) is 55.7. The first-order chi connectivity index (χ1) is 36.5. The molecule has 8 aromatic carbocycles. The highest BCUT2D eigenvalue weighted by molar-refractivity contribution is 6.74. The second-order valence-electron chi connectivity index (χ2n) is 27.9. The Labute approximate surface area is 457 Å². The molecule has 4 aliphatic rings. The summed E-state index contributed by atoms with van der Waals surface area (Å²) in [7, 11) is 0.758. The summed E-state index contributed by atoms with van der Waals surface area (Å²) in [5.74, 6) is 0.913. The highest BCUT2D eigenvalue weighted by Gasteiger charge is 2.46. The lowest BCUT2D eigenvalue weighted by Crippen LogP contribution is -2.38. The molecule has 0 spiro atoms. The lowest BCUT2D eigenvalue weighted by atomic mass is 9.57. The van der Waals surface area contributed by atoms with Crippen LogP contribution in [0, 0.1) is 0 Å². The van der Waals surface area contributed by atoms with Crippen molar-refractivity contribution in [1.29, 1.82) is 0 Å². The fourth-order valence-electron chi connectivity index (χ4n) is 14.9. The van der Waals surface area contributed by atoms with E-state index >= 15 is 0 Å². The molecule has 384 valence electrons. The zero-order valence-electron chi connectivity index (χ0n) is 47.7. The monoisotopic (exact) mass is 1000 g/mol. The Morgan fingerprint density at radius 1 is 0.519 bits per heavy atom. The molecule has 4 heteroatoms. The smallest absolute Gasteiger partial charge is 0.198 e. The molecule has 77 heavy (non-hydrogen) atoms. The second kappa shape index (κ2) is 16.0. The summed E-state index contributed by atoms with van der Waals surface area (Å²) < 4.78 is 9.97. The van der Waals surface area contributed by atoms with Crippen molar-refractivity contribution in [3.8, 4) is 50.4 Å². The third-order valence-electron chi connectivity index (χ3n) is 19.7. The largest absolute Gasteiger partial charge is 0.455 e. The summed E-state index contributed by atoms with van der Waals surface area (Å²) >= 11 is 0. The molecule has 1 aliphatic heterocycles. The van der Waals surface area contributed by atoms with Gasteiger partial charge in [0.15, 0.2) is 7.28 Å². The van der Waals surface area contributed by atoms with Crippen molar-refractivity contribution in [3.63, 3.8) is 0 Å². The predicted molar refractivity (Wildman–Crippen MR) is 330 cm³/mol. The van der Waals surface area contributed by atoms with Crippen LogP contribution in [0.1, 0.15) is 155 Å². The van der Waals surface area contributed by atoms with Gasteiger partial charge in [-0.3, -0.25) is 0 Å². The summed E-state index contributed by atoms with van der Waals surface area (Å²) in [6.07, 6.45) is 4.60. The molecule has 0 amide bonds. The lowest BCUT2D eigenvalue weighted by Gasteiger charge is -2.42. The number of nitrogens with zero attached hydrogens (tertiary/aromatic N) is 1. The van der Waals surface area contributed by atoms with Gasteiger partial charge < -0.3 is 14.3 Å². The Morgan fingerprint density at radius 3 is 1.73 bits per heavy atom. The molecule has 2 aromatic heterocycles. The van der Waals surface area contributed by atoms with Crippen molar-refractivity contribution < 1.29 is 4.42 Å². The van der Waals surface area contributed by atoms with Crippen molar-refractivity contribution >= 4 is 62.4 Å². The minimum atomic E-state index is -0.297. The summed E-state index contributed by atoms with van der Waals surface area (Å²) in [5, 5.41) is 8.10. The predicted octanol–water partition coefficient (Wildman–Crippen LogP) is 18.3. The maximum absolute atomic E-state index is 7.22. The van der Waals surface area contributed by atoms with Gasteiger partial charge in [0, 0.05) is 60.8 Å². The number of aromatic nitrogens is 1. The van der Waals surface area contributed by atoms with Gasteiger partial charge in [-0.05, 0) is 168 Å². The molecule has 0 unspecified atom stereocenters. The van der Waals surface area contributed by atoms with E-state index in [-0.39, 0.29) is 32.5 Å². The second-order valence-corrected chi connectivity index (χ2v) is 27.9. The van der Waals surface area contributed by atoms with Gasteiger partial charge in [0.25, 0.3) is 0 Å². The van der Waals surface area contributed by atoms with Gasteiger partial charge in [0.2, 0.25) is 0 Å². The van der Waals surface area contributed by atoms with E-state index in [0.29, 0.717) is 0 Å². The van der Waals surface area contributed by atoms with E-state index in [0.717, 1.165) is 72.1 Å². The minimum Gasteiger partial charge on any atom is -0.455 e. The topological polar surface area (TPSA) is 30.1 Å². The van der Waals surface area contributed by atoms with Gasteiger partial charge in [0.05, 0.1) is 5.52 Å². The molecular formula is C73H73BN2O. The average Bonchev–Trinajstić information content (AvgIpc) is 3.72. The van der Waals surface area contributed by atoms with Crippen LogP contribution in [-0.2, 0) is 32.5 Å². The first-order valence-corrected chi connectivity index (χ1v) is 28.6. The van der Waals surface area contributed by atoms with E-state index in [1.807, 2.05) is 0 Å². The normalized spacial score (nSPS) is 17.8. The fraction of sp³-hybridized carbons (Fsp3) is 0.315. The number of fused-ring (bicyclic) bond motifs is 12. The Bertz CT molecular complexity index is 4130. The van der Waals surface area contributed by atoms with Crippen LogP contribution in [0.4, 0.5) is 11.4 Å². The van der Waals surface area contributed by atoms with Crippen LogP contribution in [0.25, 0.3) is 83.2 Å². The van der Waals surface area contributed by atoms with Gasteiger partial charge in [-0.1, -0.05) is 193 Å². The maximum Gasteiger partial charge on any atom is 0.198 e. The van der Waals surface area contributed by atoms with Gasteiger partial charge >= 0.3 is 0 Å². The van der Waals surface area contributed by atoms with Crippen LogP contribution in [0.2, 0.25) is 0 Å². The number of hydrogen-bond acceptors (Lipinski definition) is 2. The molecule has 3 nitrogen and oxygen atoms in total. The molecule has 0 saturated heterocycles. The number of anilines is 2. The van der Waals surface area contributed by atoms with Crippen LogP contribution >= 0.6 is 0 Å². The first kappa shape index (κ1) is 48.3. The molecule has 0 radical (unpaired) electrons. The van der Waals surface area contributed by atoms with Crippen molar-refractivity contribution in [3.05, 3.63) is 185 Å². The minimum absolute atomic E-state index is 0.00777. The quantitative estimate of drug-likeness (QED) is 0.174. The number of hydrogen-bond donors (Lipinski definition) is 1. The van der Waals surface area contributed by atoms with Gasteiger partial charge in [-0.25, -0.2) is 0 Å². The molecule has 0 atom stereocenters. The molecular weight excluding hydrogens is 932 g/mol. The van der Waals surface area contributed by atoms with Gasteiger partial charge in [-0.15, -0.1) is 0 Å². The van der Waals surface area contributed by atoms with E-state index in [4.69, 9.17) is 4.42 Å². The SMILES string of the molecule is CC(C)(C)c1ccc(Nc2cc3c(cc2-c2c4c(c5c6cc7c(cc6n6c5c2Bc2cc5oc(-c8ccccc8)c(-c8ccccc8)c5cc2-6)C(C)(C)CCC7(C)C)C(C)(C)c2ccccc2-4)C(C)(C)CCC3(C)C)cc1. The first-order valence-electron chi connectivity index (χ1n) is 28.6. The van der Waals surface area contributed by atoms with Gasteiger partial charge in [-0.2, -0.15) is 0 Å². The Balaban J connectivity index is 1.17. The molecule has 0 saturated carbocycles. The molecule has 0 bridgehead atoms. The third kappa shape index (κ3) is 7.02. The third-order valence-corrected chi connectivity index (χ3v) is 19.7. The summed E-state index contributed by atoms with van der Waals surface area (Å²) in [4.78, 5) is 0. The van der Waals surface area contributed by atoms with Crippen molar-refractivity contribution in [2.75, 3.05) is 5.32 Å². The van der Waals surface area contributed by atoms with Crippen LogP contribution in [-0.4, -0.2) is 11.8 Å². The molecule has 1 N–H and O–H groups in total. The Hall–Kier alpha value is -7.04. The van der Waals surface area contributed by atoms with E-state index < -0.39 is 0 Å². The number of benzene rings is 8. The molecule has 3 aliphatic carbocycles. The summed E-state index contributed by atoms with van der Waals surface area (Å²) in [6.45, 7) is 31.8. The molecule has 3 heterocycles. The van der Waals surface area contributed by atoms with E-state index in [1.165, 1.54) is 105 Å². The fourth-order valence-corrected chi connectivity index (χ4v) is 14.9. The maximum atomic E-state index is 7.22. The number of furan rings is 1. The number of nitrogens with one attached hydrogen (secondary N) is 1. The Morgan fingerprint density at radius 2 is 1.09 bits per heavy atom. The molecule has 10 aromatic rings. The van der Waals surface area contributed by atoms with Crippen LogP contribution in [0.5, 0.6) is 0 Å². The van der Waals surface area contributed by atoms with E-state index in [9.17, 15) is 0 Å².